The standard InChI is InChI=1S/C22H23F2N3O2S2/c1-15(27-10-6-5-9-20(27)16-7-3-2-4-8-16)17-11-19(24)21(12-18(17)23)31(28,29)13-22-25-14-26-30-22/h2-4,7-8,11-12,14-15,20H,5-6,9-10,13H2,1H3/t15-,20-/m0/s1. The molecule has 0 radical (unpaired) electrons. The van der Waals surface area contributed by atoms with E-state index in [0.717, 1.165) is 55.0 Å². The molecule has 1 aliphatic heterocycles. The van der Waals surface area contributed by atoms with Crippen LogP contribution in [0.25, 0.3) is 0 Å². The third-order valence-electron chi connectivity index (χ3n) is 5.78. The van der Waals surface area contributed by atoms with Gasteiger partial charge in [-0.05, 0) is 55.5 Å². The van der Waals surface area contributed by atoms with Gasteiger partial charge in [-0.15, -0.1) is 0 Å². The van der Waals surface area contributed by atoms with Crippen LogP contribution in [0.4, 0.5) is 8.78 Å². The van der Waals surface area contributed by atoms with Crippen molar-refractivity contribution >= 4 is 21.4 Å². The van der Waals surface area contributed by atoms with Crippen molar-refractivity contribution in [1.29, 1.82) is 0 Å². The first kappa shape index (κ1) is 22.0. The van der Waals surface area contributed by atoms with E-state index in [0.29, 0.717) is 0 Å². The molecule has 1 fully saturated rings. The van der Waals surface area contributed by atoms with Crippen molar-refractivity contribution in [2.24, 2.45) is 0 Å². The molecule has 2 aromatic carbocycles. The zero-order valence-electron chi connectivity index (χ0n) is 17.0. The van der Waals surface area contributed by atoms with E-state index >= 15 is 4.39 Å². The van der Waals surface area contributed by atoms with Gasteiger partial charge in [0.1, 0.15) is 33.6 Å². The summed E-state index contributed by atoms with van der Waals surface area (Å²) < 4.78 is 59.0. The zero-order chi connectivity index (χ0) is 22.0. The molecule has 31 heavy (non-hydrogen) atoms. The Hall–Kier alpha value is -2.23. The minimum absolute atomic E-state index is 0.105. The molecule has 2 atom stereocenters. The summed E-state index contributed by atoms with van der Waals surface area (Å²) in [5, 5.41) is 0.233. The Morgan fingerprint density at radius 2 is 1.94 bits per heavy atom. The molecule has 1 aromatic heterocycles. The van der Waals surface area contributed by atoms with Crippen molar-refractivity contribution in [3.05, 3.63) is 76.6 Å². The van der Waals surface area contributed by atoms with Gasteiger partial charge in [0, 0.05) is 17.6 Å². The summed E-state index contributed by atoms with van der Waals surface area (Å²) in [6.07, 6.45) is 4.22. The van der Waals surface area contributed by atoms with Crippen LogP contribution in [0, 0.1) is 11.6 Å². The summed E-state index contributed by atoms with van der Waals surface area (Å²) in [6.45, 7) is 2.60. The number of halogens is 2. The summed E-state index contributed by atoms with van der Waals surface area (Å²) in [6, 6.07) is 11.5. The SMILES string of the molecule is C[C@@H](c1cc(F)c(S(=O)(=O)Cc2ncns2)cc1F)N1CCCC[C@H]1c1ccccc1. The van der Waals surface area contributed by atoms with E-state index in [2.05, 4.69) is 26.4 Å². The number of sulfone groups is 1. The molecular weight excluding hydrogens is 440 g/mol. The molecule has 1 aliphatic rings. The Balaban J connectivity index is 1.64. The van der Waals surface area contributed by atoms with Gasteiger partial charge < -0.3 is 0 Å². The normalized spacial score (nSPS) is 18.7. The predicted octanol–water partition coefficient (Wildman–Crippen LogP) is 5.08. The van der Waals surface area contributed by atoms with Gasteiger partial charge in [0.25, 0.3) is 0 Å². The second kappa shape index (κ2) is 9.10. The predicted molar refractivity (Wildman–Crippen MR) is 115 cm³/mol. The number of nitrogens with zero attached hydrogens (tertiary/aromatic N) is 3. The summed E-state index contributed by atoms with van der Waals surface area (Å²) in [5.41, 5.74) is 1.31. The van der Waals surface area contributed by atoms with Crippen molar-refractivity contribution in [2.45, 2.75) is 48.9 Å². The summed E-state index contributed by atoms with van der Waals surface area (Å²) in [4.78, 5) is 5.36. The number of rotatable bonds is 6. The molecule has 0 N–H and O–H groups in total. The van der Waals surface area contributed by atoms with Crippen LogP contribution in [0.15, 0.2) is 53.7 Å². The van der Waals surface area contributed by atoms with Crippen LogP contribution in [0.1, 0.15) is 54.4 Å². The Morgan fingerprint density at radius 1 is 1.16 bits per heavy atom. The van der Waals surface area contributed by atoms with E-state index < -0.39 is 38.2 Å². The Labute approximate surface area is 184 Å². The maximum absolute atomic E-state index is 15.1. The summed E-state index contributed by atoms with van der Waals surface area (Å²) in [7, 11) is -4.08. The van der Waals surface area contributed by atoms with Gasteiger partial charge in [-0.3, -0.25) is 4.90 Å². The fraction of sp³-hybridized carbons (Fsp3) is 0.364. The van der Waals surface area contributed by atoms with Crippen molar-refractivity contribution < 1.29 is 17.2 Å². The third kappa shape index (κ3) is 4.68. The van der Waals surface area contributed by atoms with E-state index in [1.807, 2.05) is 25.1 Å². The van der Waals surface area contributed by atoms with Crippen molar-refractivity contribution in [3.63, 3.8) is 0 Å². The Bertz CT molecular complexity index is 1140. The van der Waals surface area contributed by atoms with Gasteiger partial charge >= 0.3 is 0 Å². The van der Waals surface area contributed by atoms with Gasteiger partial charge in [-0.2, -0.15) is 4.37 Å². The molecule has 9 heteroatoms. The molecule has 5 nitrogen and oxygen atoms in total. The molecule has 0 unspecified atom stereocenters. The smallest absolute Gasteiger partial charge is 0.187 e. The van der Waals surface area contributed by atoms with E-state index in [1.54, 1.807) is 0 Å². The molecule has 0 aliphatic carbocycles. The third-order valence-corrected chi connectivity index (χ3v) is 8.26. The van der Waals surface area contributed by atoms with E-state index in [1.165, 1.54) is 6.33 Å². The highest BCUT2D eigenvalue weighted by molar-refractivity contribution is 7.90. The molecule has 3 aromatic rings. The lowest BCUT2D eigenvalue weighted by Gasteiger charge is -2.40. The van der Waals surface area contributed by atoms with Crippen molar-refractivity contribution in [3.8, 4) is 0 Å². The second-order valence-electron chi connectivity index (χ2n) is 7.73. The van der Waals surface area contributed by atoms with Crippen molar-refractivity contribution in [2.75, 3.05) is 6.54 Å². The van der Waals surface area contributed by atoms with Crippen LogP contribution in [0.2, 0.25) is 0 Å². The van der Waals surface area contributed by atoms with Crippen LogP contribution in [0.3, 0.4) is 0 Å². The van der Waals surface area contributed by atoms with Gasteiger partial charge in [0.05, 0.1) is 0 Å². The minimum atomic E-state index is -4.08. The molecular formula is C22H23F2N3O2S2. The van der Waals surface area contributed by atoms with Crippen LogP contribution in [0.5, 0.6) is 0 Å². The zero-order valence-corrected chi connectivity index (χ0v) is 18.7. The first-order chi connectivity index (χ1) is 14.9. The number of hydrogen-bond donors (Lipinski definition) is 0. The maximum atomic E-state index is 15.1. The summed E-state index contributed by atoms with van der Waals surface area (Å²) in [5.74, 6) is -2.17. The average molecular weight is 464 g/mol. The highest BCUT2D eigenvalue weighted by Crippen LogP contribution is 2.38. The van der Waals surface area contributed by atoms with Gasteiger partial charge in [0.15, 0.2) is 9.84 Å². The van der Waals surface area contributed by atoms with Crippen LogP contribution in [-0.2, 0) is 15.6 Å². The molecule has 0 spiro atoms. The van der Waals surface area contributed by atoms with E-state index in [-0.39, 0.29) is 16.6 Å². The molecule has 2 heterocycles. The Morgan fingerprint density at radius 3 is 2.65 bits per heavy atom. The lowest BCUT2D eigenvalue weighted by molar-refractivity contribution is 0.101. The fourth-order valence-electron chi connectivity index (χ4n) is 4.23. The number of likely N-dealkylation sites (tertiary alicyclic amines) is 1. The van der Waals surface area contributed by atoms with Crippen LogP contribution >= 0.6 is 11.5 Å². The summed E-state index contributed by atoms with van der Waals surface area (Å²) >= 11 is 0.916. The highest BCUT2D eigenvalue weighted by Gasteiger charge is 2.31. The van der Waals surface area contributed by atoms with Gasteiger partial charge in [-0.25, -0.2) is 22.2 Å². The molecule has 0 saturated carbocycles. The quantitative estimate of drug-likeness (QED) is 0.510. The van der Waals surface area contributed by atoms with Gasteiger partial charge in [0.2, 0.25) is 0 Å². The monoisotopic (exact) mass is 463 g/mol. The van der Waals surface area contributed by atoms with Gasteiger partial charge in [-0.1, -0.05) is 36.8 Å². The molecule has 0 amide bonds. The second-order valence-corrected chi connectivity index (χ2v) is 10.6. The average Bonchev–Trinajstić information content (AvgIpc) is 3.27. The lowest BCUT2D eigenvalue weighted by Crippen LogP contribution is -2.36. The largest absolute Gasteiger partial charge is 0.290 e. The number of aromatic nitrogens is 2. The molecule has 1 saturated heterocycles. The topological polar surface area (TPSA) is 63.2 Å². The highest BCUT2D eigenvalue weighted by atomic mass is 32.2. The van der Waals surface area contributed by atoms with Crippen molar-refractivity contribution in [1.82, 2.24) is 14.3 Å². The number of benzene rings is 2. The van der Waals surface area contributed by atoms with Crippen LogP contribution in [-0.4, -0.2) is 29.2 Å². The molecule has 164 valence electrons. The number of piperidine rings is 1. The first-order valence-electron chi connectivity index (χ1n) is 10.1. The maximum Gasteiger partial charge on any atom is 0.187 e. The minimum Gasteiger partial charge on any atom is -0.290 e. The first-order valence-corrected chi connectivity index (χ1v) is 12.6. The van der Waals surface area contributed by atoms with E-state index in [9.17, 15) is 12.8 Å². The fourth-order valence-corrected chi connectivity index (χ4v) is 6.41. The molecule has 4 rings (SSSR count). The Kier molecular flexibility index (Phi) is 6.45. The van der Waals surface area contributed by atoms with E-state index in [4.69, 9.17) is 0 Å². The number of hydrogen-bond acceptors (Lipinski definition) is 6. The molecule has 0 bridgehead atoms. The van der Waals surface area contributed by atoms with Crippen LogP contribution < -0.4 is 0 Å². The lowest BCUT2D eigenvalue weighted by atomic mass is 9.92.